The maximum absolute atomic E-state index is 12.7. The molecule has 1 N–H and O–H groups in total. The van der Waals surface area contributed by atoms with E-state index in [1.165, 1.54) is 0 Å². The molecule has 0 aliphatic carbocycles. The Bertz CT molecular complexity index is 1100. The van der Waals surface area contributed by atoms with Crippen molar-refractivity contribution in [1.29, 1.82) is 0 Å². The molecule has 1 heterocycles. The third kappa shape index (κ3) is 4.71. The van der Waals surface area contributed by atoms with Crippen LogP contribution in [0, 0.1) is 6.92 Å². The van der Waals surface area contributed by atoms with E-state index in [0.717, 1.165) is 23.4 Å². The van der Waals surface area contributed by atoms with Gasteiger partial charge >= 0.3 is 0 Å². The summed E-state index contributed by atoms with van der Waals surface area (Å²) in [6.07, 6.45) is 5.43. The Balaban J connectivity index is 1.47. The molecule has 0 saturated heterocycles. The van der Waals surface area contributed by atoms with Gasteiger partial charge in [-0.2, -0.15) is 0 Å². The molecule has 3 aromatic carbocycles. The molecular weight excluding hydrogens is 362 g/mol. The second kappa shape index (κ2) is 8.44. The maximum atomic E-state index is 12.7. The van der Waals surface area contributed by atoms with Crippen molar-refractivity contribution in [3.05, 3.63) is 108 Å². The van der Waals surface area contributed by atoms with E-state index >= 15 is 0 Å². The van der Waals surface area contributed by atoms with E-state index in [1.807, 2.05) is 90.5 Å². The molecule has 0 radical (unpaired) electrons. The minimum absolute atomic E-state index is 0.181. The molecule has 0 saturated carbocycles. The van der Waals surface area contributed by atoms with Crippen molar-refractivity contribution >= 4 is 11.6 Å². The zero-order valence-electron chi connectivity index (χ0n) is 16.1. The molecule has 4 aromatic rings. The van der Waals surface area contributed by atoms with Gasteiger partial charge in [0.1, 0.15) is 5.75 Å². The number of ether oxygens (including phenoxy) is 1. The lowest BCUT2D eigenvalue weighted by molar-refractivity contribution is 0.102. The van der Waals surface area contributed by atoms with Gasteiger partial charge in [0, 0.05) is 24.5 Å². The average Bonchev–Trinajstić information content (AvgIpc) is 3.23. The first-order valence-electron chi connectivity index (χ1n) is 9.37. The van der Waals surface area contributed by atoms with Crippen LogP contribution in [0.25, 0.3) is 0 Å². The zero-order valence-corrected chi connectivity index (χ0v) is 16.1. The van der Waals surface area contributed by atoms with Crippen LogP contribution in [-0.4, -0.2) is 15.5 Å². The number of anilines is 1. The van der Waals surface area contributed by atoms with E-state index in [2.05, 4.69) is 10.3 Å². The van der Waals surface area contributed by atoms with Crippen molar-refractivity contribution in [3.8, 4) is 11.5 Å². The molecule has 1 aromatic heterocycles. The summed E-state index contributed by atoms with van der Waals surface area (Å²) in [7, 11) is 0. The van der Waals surface area contributed by atoms with Gasteiger partial charge in [0.25, 0.3) is 5.91 Å². The highest BCUT2D eigenvalue weighted by atomic mass is 16.5. The van der Waals surface area contributed by atoms with Crippen molar-refractivity contribution in [2.24, 2.45) is 0 Å². The molecular formula is C24H21N3O2. The fraction of sp³-hybridized carbons (Fsp3) is 0.0833. The largest absolute Gasteiger partial charge is 0.455 e. The number of imidazole rings is 1. The average molecular weight is 383 g/mol. The Morgan fingerprint density at radius 2 is 1.86 bits per heavy atom. The number of nitrogens with one attached hydrogen (secondary N) is 1. The van der Waals surface area contributed by atoms with Gasteiger partial charge in [-0.3, -0.25) is 4.79 Å². The van der Waals surface area contributed by atoms with Gasteiger partial charge in [-0.25, -0.2) is 4.98 Å². The van der Waals surface area contributed by atoms with Crippen molar-refractivity contribution in [1.82, 2.24) is 9.55 Å². The van der Waals surface area contributed by atoms with E-state index in [-0.39, 0.29) is 5.91 Å². The third-order valence-corrected chi connectivity index (χ3v) is 4.49. The predicted octanol–water partition coefficient (Wildman–Crippen LogP) is 5.28. The molecule has 0 atom stereocenters. The minimum atomic E-state index is -0.181. The summed E-state index contributed by atoms with van der Waals surface area (Å²) in [5.41, 5.74) is 3.42. The molecule has 0 unspecified atom stereocenters. The summed E-state index contributed by atoms with van der Waals surface area (Å²) in [5, 5.41) is 2.95. The number of nitrogens with zero attached hydrogens (tertiary/aromatic N) is 2. The topological polar surface area (TPSA) is 56.1 Å². The summed E-state index contributed by atoms with van der Waals surface area (Å²) < 4.78 is 7.96. The predicted molar refractivity (Wildman–Crippen MR) is 113 cm³/mol. The summed E-state index contributed by atoms with van der Waals surface area (Å²) in [6.45, 7) is 2.73. The van der Waals surface area contributed by atoms with Crippen LogP contribution in [0.5, 0.6) is 11.5 Å². The van der Waals surface area contributed by atoms with Crippen LogP contribution in [0.2, 0.25) is 0 Å². The monoisotopic (exact) mass is 383 g/mol. The lowest BCUT2D eigenvalue weighted by Crippen LogP contribution is -2.12. The first-order valence-corrected chi connectivity index (χ1v) is 9.37. The fourth-order valence-electron chi connectivity index (χ4n) is 3.01. The summed E-state index contributed by atoms with van der Waals surface area (Å²) >= 11 is 0. The van der Waals surface area contributed by atoms with E-state index in [1.54, 1.807) is 12.5 Å². The fourth-order valence-corrected chi connectivity index (χ4v) is 3.01. The van der Waals surface area contributed by atoms with Crippen LogP contribution in [0.4, 0.5) is 5.69 Å². The second-order valence-electron chi connectivity index (χ2n) is 6.80. The van der Waals surface area contributed by atoms with E-state index < -0.39 is 0 Å². The zero-order chi connectivity index (χ0) is 20.1. The van der Waals surface area contributed by atoms with Crippen LogP contribution < -0.4 is 10.1 Å². The Morgan fingerprint density at radius 3 is 2.62 bits per heavy atom. The van der Waals surface area contributed by atoms with E-state index in [9.17, 15) is 4.79 Å². The number of carbonyl (C=O) groups is 1. The number of carbonyl (C=O) groups excluding carboxylic acids is 1. The van der Waals surface area contributed by atoms with Gasteiger partial charge in [-0.05, 0) is 54.4 Å². The Morgan fingerprint density at radius 1 is 1.03 bits per heavy atom. The van der Waals surface area contributed by atoms with Crippen LogP contribution in [0.15, 0.2) is 91.5 Å². The van der Waals surface area contributed by atoms with Crippen molar-refractivity contribution < 1.29 is 9.53 Å². The number of aryl methyl sites for hydroxylation is 1. The molecule has 5 nitrogen and oxygen atoms in total. The van der Waals surface area contributed by atoms with Crippen molar-refractivity contribution in [2.75, 3.05) is 5.32 Å². The SMILES string of the molecule is Cc1cccc(Oc2ccccc2NC(=O)c2ccc(Cn3ccnc3)cc2)c1. The highest BCUT2D eigenvalue weighted by Gasteiger charge is 2.11. The number of amides is 1. The van der Waals surface area contributed by atoms with Crippen LogP contribution in [0.3, 0.4) is 0 Å². The third-order valence-electron chi connectivity index (χ3n) is 4.49. The summed E-state index contributed by atoms with van der Waals surface area (Å²) in [6, 6.07) is 22.8. The van der Waals surface area contributed by atoms with Gasteiger partial charge in [0.2, 0.25) is 0 Å². The normalized spacial score (nSPS) is 10.5. The van der Waals surface area contributed by atoms with Crippen LogP contribution in [0.1, 0.15) is 21.5 Å². The van der Waals surface area contributed by atoms with Gasteiger partial charge in [-0.1, -0.05) is 36.4 Å². The number of hydrogen-bond donors (Lipinski definition) is 1. The van der Waals surface area contributed by atoms with Crippen LogP contribution >= 0.6 is 0 Å². The quantitative estimate of drug-likeness (QED) is 0.492. The molecule has 0 fully saturated rings. The van der Waals surface area contributed by atoms with Gasteiger partial charge in [-0.15, -0.1) is 0 Å². The molecule has 5 heteroatoms. The number of para-hydroxylation sites is 2. The molecule has 4 rings (SSSR count). The molecule has 0 aliphatic rings. The second-order valence-corrected chi connectivity index (χ2v) is 6.80. The first-order chi connectivity index (χ1) is 14.2. The summed E-state index contributed by atoms with van der Waals surface area (Å²) in [5.74, 6) is 1.15. The molecule has 144 valence electrons. The first kappa shape index (κ1) is 18.5. The summed E-state index contributed by atoms with van der Waals surface area (Å²) in [4.78, 5) is 16.8. The minimum Gasteiger partial charge on any atom is -0.455 e. The molecule has 0 aliphatic heterocycles. The number of aromatic nitrogens is 2. The van der Waals surface area contributed by atoms with E-state index in [0.29, 0.717) is 17.0 Å². The van der Waals surface area contributed by atoms with E-state index in [4.69, 9.17) is 4.74 Å². The standard InChI is InChI=1S/C24H21N3O2/c1-18-5-4-6-21(15-18)29-23-8-3-2-7-22(23)26-24(28)20-11-9-19(10-12-20)16-27-14-13-25-17-27/h2-15,17H,16H2,1H3,(H,26,28). The highest BCUT2D eigenvalue weighted by molar-refractivity contribution is 6.05. The number of hydrogen-bond acceptors (Lipinski definition) is 3. The van der Waals surface area contributed by atoms with Crippen molar-refractivity contribution in [3.63, 3.8) is 0 Å². The van der Waals surface area contributed by atoms with Crippen LogP contribution in [-0.2, 0) is 6.54 Å². The number of rotatable bonds is 6. The van der Waals surface area contributed by atoms with Gasteiger partial charge in [0.05, 0.1) is 12.0 Å². The molecule has 1 amide bonds. The molecule has 0 bridgehead atoms. The van der Waals surface area contributed by atoms with Crippen molar-refractivity contribution in [2.45, 2.75) is 13.5 Å². The number of benzene rings is 3. The lowest BCUT2D eigenvalue weighted by Gasteiger charge is -2.13. The molecule has 29 heavy (non-hydrogen) atoms. The lowest BCUT2D eigenvalue weighted by atomic mass is 10.1. The Hall–Kier alpha value is -3.86. The maximum Gasteiger partial charge on any atom is 0.255 e. The smallest absolute Gasteiger partial charge is 0.255 e. The molecule has 0 spiro atoms. The van der Waals surface area contributed by atoms with Gasteiger partial charge in [0.15, 0.2) is 5.75 Å². The Kier molecular flexibility index (Phi) is 5.38. The van der Waals surface area contributed by atoms with Gasteiger partial charge < -0.3 is 14.6 Å². The Labute approximate surface area is 169 Å². The highest BCUT2D eigenvalue weighted by Crippen LogP contribution is 2.30.